The molecule has 0 aromatic rings. The van der Waals surface area contributed by atoms with E-state index in [0.29, 0.717) is 0 Å². The van der Waals surface area contributed by atoms with Crippen molar-refractivity contribution in [3.8, 4) is 0 Å². The van der Waals surface area contributed by atoms with Gasteiger partial charge in [-0.25, -0.2) is 14.9 Å². The zero-order valence-electron chi connectivity index (χ0n) is 5.16. The smallest absolute Gasteiger partial charge is 0.415 e. The van der Waals surface area contributed by atoms with Gasteiger partial charge >= 0.3 is 12.1 Å². The number of nitrogens with one attached hydrogen (secondary N) is 1. The average molecular weight is 148 g/mol. The van der Waals surface area contributed by atoms with E-state index in [-0.39, 0.29) is 13.2 Å². The van der Waals surface area contributed by atoms with Crippen LogP contribution < -0.4 is 11.1 Å². The average Bonchev–Trinajstić information content (AvgIpc) is 1.82. The van der Waals surface area contributed by atoms with Crippen molar-refractivity contribution in [3.05, 3.63) is 0 Å². The second kappa shape index (κ2) is 4.57. The minimum Gasteiger partial charge on any atom is -0.447 e. The summed E-state index contributed by atoms with van der Waals surface area (Å²) in [4.78, 5) is 20.2. The third-order valence-corrected chi connectivity index (χ3v) is 0.550. The quantitative estimate of drug-likeness (QED) is 0.457. The lowest BCUT2D eigenvalue weighted by molar-refractivity contribution is 0.121. The number of urea groups is 1. The van der Waals surface area contributed by atoms with Crippen molar-refractivity contribution < 1.29 is 19.4 Å². The summed E-state index contributed by atoms with van der Waals surface area (Å²) in [5, 5.41) is 9.77. The van der Waals surface area contributed by atoms with E-state index in [1.54, 1.807) is 5.32 Å². The fraction of sp³-hybridized carbons (Fsp3) is 0.500. The molecule has 0 radical (unpaired) electrons. The summed E-state index contributed by atoms with van der Waals surface area (Å²) in [5.41, 5.74) is 4.55. The Labute approximate surface area is 57.0 Å². The number of amides is 3. The third kappa shape index (κ3) is 4.85. The van der Waals surface area contributed by atoms with Crippen LogP contribution >= 0.6 is 0 Å². The number of carbonyl (C=O) groups excluding carboxylic acids is 2. The normalized spacial score (nSPS) is 8.50. The number of hydrogen-bond acceptors (Lipinski definition) is 4. The Kier molecular flexibility index (Phi) is 3.97. The Morgan fingerprint density at radius 2 is 2.20 bits per heavy atom. The first-order chi connectivity index (χ1) is 4.66. The Bertz CT molecular complexity index is 135. The molecule has 0 aromatic heterocycles. The van der Waals surface area contributed by atoms with Crippen LogP contribution in [0.1, 0.15) is 0 Å². The number of aliphatic hydroxyl groups is 1. The van der Waals surface area contributed by atoms with E-state index in [2.05, 4.69) is 10.5 Å². The maximum Gasteiger partial charge on any atom is 0.415 e. The molecule has 6 nitrogen and oxygen atoms in total. The van der Waals surface area contributed by atoms with Crippen LogP contribution in [0.5, 0.6) is 0 Å². The SMILES string of the molecule is NC(=O)NC(=O)OCCO. The molecule has 0 aliphatic rings. The zero-order valence-corrected chi connectivity index (χ0v) is 5.16. The molecule has 0 fully saturated rings. The van der Waals surface area contributed by atoms with Crippen LogP contribution in [0.3, 0.4) is 0 Å². The van der Waals surface area contributed by atoms with Crippen LogP contribution in [0.15, 0.2) is 0 Å². The lowest BCUT2D eigenvalue weighted by Gasteiger charge is -2.00. The van der Waals surface area contributed by atoms with Gasteiger partial charge in [-0.2, -0.15) is 0 Å². The Morgan fingerprint density at radius 3 is 2.60 bits per heavy atom. The van der Waals surface area contributed by atoms with Gasteiger partial charge in [-0.3, -0.25) is 0 Å². The van der Waals surface area contributed by atoms with Crippen LogP contribution in [0.4, 0.5) is 9.59 Å². The van der Waals surface area contributed by atoms with Gasteiger partial charge in [0.05, 0.1) is 6.61 Å². The molecule has 0 aliphatic heterocycles. The molecule has 0 rings (SSSR count). The first kappa shape index (κ1) is 8.70. The third-order valence-electron chi connectivity index (χ3n) is 0.550. The van der Waals surface area contributed by atoms with Gasteiger partial charge < -0.3 is 15.6 Å². The van der Waals surface area contributed by atoms with E-state index in [9.17, 15) is 9.59 Å². The van der Waals surface area contributed by atoms with Crippen LogP contribution in [0.2, 0.25) is 0 Å². The molecule has 10 heavy (non-hydrogen) atoms. The minimum absolute atomic E-state index is 0.154. The van der Waals surface area contributed by atoms with E-state index in [1.807, 2.05) is 0 Å². The molecule has 6 heteroatoms. The maximum absolute atomic E-state index is 10.3. The number of rotatable bonds is 2. The first-order valence-electron chi connectivity index (χ1n) is 2.51. The highest BCUT2D eigenvalue weighted by molar-refractivity contribution is 5.89. The molecule has 0 heterocycles. The van der Waals surface area contributed by atoms with Crippen molar-refractivity contribution in [2.45, 2.75) is 0 Å². The van der Waals surface area contributed by atoms with Gasteiger partial charge in [0.25, 0.3) is 0 Å². The fourth-order valence-corrected chi connectivity index (χ4v) is 0.275. The van der Waals surface area contributed by atoms with Gasteiger partial charge in [0.2, 0.25) is 0 Å². The van der Waals surface area contributed by atoms with Crippen molar-refractivity contribution in [2.24, 2.45) is 5.73 Å². The van der Waals surface area contributed by atoms with Crippen LogP contribution in [-0.2, 0) is 4.74 Å². The molecule has 0 bridgehead atoms. The van der Waals surface area contributed by atoms with Gasteiger partial charge in [-0.15, -0.1) is 0 Å². The standard InChI is InChI=1S/C4H8N2O4/c5-3(8)6-4(9)10-2-1-7/h7H,1-2H2,(H3,5,6,8,9). The van der Waals surface area contributed by atoms with Crippen molar-refractivity contribution >= 4 is 12.1 Å². The number of aliphatic hydroxyl groups excluding tert-OH is 1. The highest BCUT2D eigenvalue weighted by Gasteiger charge is 2.02. The molecule has 0 aliphatic carbocycles. The van der Waals surface area contributed by atoms with E-state index in [0.717, 1.165) is 0 Å². The number of primary amides is 1. The summed E-state index contributed by atoms with van der Waals surface area (Å²) in [5.74, 6) is 0. The van der Waals surface area contributed by atoms with Gasteiger partial charge in [-0.05, 0) is 0 Å². The molecular formula is C4H8N2O4. The second-order valence-corrected chi connectivity index (χ2v) is 1.35. The molecule has 0 aromatic carbocycles. The maximum atomic E-state index is 10.3. The van der Waals surface area contributed by atoms with Gasteiger partial charge in [-0.1, -0.05) is 0 Å². The van der Waals surface area contributed by atoms with Crippen molar-refractivity contribution in [1.29, 1.82) is 0 Å². The van der Waals surface area contributed by atoms with E-state index in [1.165, 1.54) is 0 Å². The monoisotopic (exact) mass is 148 g/mol. The number of carbonyl (C=O) groups is 2. The summed E-state index contributed by atoms with van der Waals surface area (Å²) < 4.78 is 4.20. The van der Waals surface area contributed by atoms with E-state index < -0.39 is 12.1 Å². The van der Waals surface area contributed by atoms with Gasteiger partial charge in [0.1, 0.15) is 6.61 Å². The summed E-state index contributed by atoms with van der Waals surface area (Å²) in [6.45, 7) is -0.439. The van der Waals surface area contributed by atoms with E-state index in [4.69, 9.17) is 5.11 Å². The fourth-order valence-electron chi connectivity index (χ4n) is 0.275. The van der Waals surface area contributed by atoms with Crippen molar-refractivity contribution in [1.82, 2.24) is 5.32 Å². The Morgan fingerprint density at radius 1 is 1.60 bits per heavy atom. The topological polar surface area (TPSA) is 102 Å². The molecule has 0 saturated carbocycles. The van der Waals surface area contributed by atoms with Gasteiger partial charge in [0, 0.05) is 0 Å². The molecule has 3 amide bonds. The predicted molar refractivity (Wildman–Crippen MR) is 31.2 cm³/mol. The van der Waals surface area contributed by atoms with Crippen molar-refractivity contribution in [3.63, 3.8) is 0 Å². The lowest BCUT2D eigenvalue weighted by Crippen LogP contribution is -2.35. The number of hydrogen-bond donors (Lipinski definition) is 3. The zero-order chi connectivity index (χ0) is 7.98. The second-order valence-electron chi connectivity index (χ2n) is 1.35. The summed E-state index contributed by atoms with van der Waals surface area (Å²) >= 11 is 0. The Hall–Kier alpha value is -1.30. The molecular weight excluding hydrogens is 140 g/mol. The molecule has 0 spiro atoms. The Balaban J connectivity index is 3.35. The number of imide groups is 1. The van der Waals surface area contributed by atoms with E-state index >= 15 is 0 Å². The number of alkyl carbamates (subject to hydrolysis) is 1. The molecule has 0 saturated heterocycles. The lowest BCUT2D eigenvalue weighted by atomic mass is 10.8. The van der Waals surface area contributed by atoms with Crippen LogP contribution in [0.25, 0.3) is 0 Å². The summed E-state index contributed by atoms with van der Waals surface area (Å²) in [7, 11) is 0. The minimum atomic E-state index is -0.983. The summed E-state index contributed by atoms with van der Waals surface area (Å²) in [6.07, 6.45) is -0.957. The molecule has 0 atom stereocenters. The largest absolute Gasteiger partial charge is 0.447 e. The highest BCUT2D eigenvalue weighted by Crippen LogP contribution is 1.74. The number of nitrogens with two attached hydrogens (primary N) is 1. The van der Waals surface area contributed by atoms with Crippen LogP contribution in [0, 0.1) is 0 Å². The molecule has 0 unspecified atom stereocenters. The summed E-state index contributed by atoms with van der Waals surface area (Å²) in [6, 6.07) is -0.983. The molecule has 58 valence electrons. The van der Waals surface area contributed by atoms with Gasteiger partial charge in [0.15, 0.2) is 0 Å². The predicted octanol–water partition coefficient (Wildman–Crippen LogP) is -1.22. The highest BCUT2D eigenvalue weighted by atomic mass is 16.6. The molecule has 4 N–H and O–H groups in total. The number of ether oxygens (including phenoxy) is 1. The van der Waals surface area contributed by atoms with Crippen LogP contribution in [-0.4, -0.2) is 30.4 Å². The first-order valence-corrected chi connectivity index (χ1v) is 2.51. The van der Waals surface area contributed by atoms with Crippen molar-refractivity contribution in [2.75, 3.05) is 13.2 Å².